The molecule has 0 aromatic carbocycles. The maximum Gasteiger partial charge on any atom is 2.00 e. The predicted octanol–water partition coefficient (Wildman–Crippen LogP) is 0.630. The van der Waals surface area contributed by atoms with Gasteiger partial charge in [0, 0.05) is 6.42 Å². The van der Waals surface area contributed by atoms with E-state index in [0.29, 0.717) is 0 Å². The van der Waals surface area contributed by atoms with E-state index in [1.54, 1.807) is 0 Å². The molecular formula is C5H9CaF3O4S. The molecule has 1 N–H and O–H groups in total. The van der Waals surface area contributed by atoms with Crippen LogP contribution in [-0.4, -0.2) is 68.4 Å². The first-order valence-corrected chi connectivity index (χ1v) is 4.79. The Morgan fingerprint density at radius 1 is 1.36 bits per heavy atom. The molecule has 0 heterocycles. The number of halogens is 3. The monoisotopic (exact) mass is 262 g/mol. The normalized spacial score (nSPS) is 12.0. The van der Waals surface area contributed by atoms with Gasteiger partial charge in [0.25, 0.3) is 10.1 Å². The number of ketones is 1. The number of hydrogen-bond acceptors (Lipinski definition) is 3. The van der Waals surface area contributed by atoms with Crippen LogP contribution >= 0.6 is 0 Å². The van der Waals surface area contributed by atoms with Gasteiger partial charge in [-0.25, -0.2) is 0 Å². The summed E-state index contributed by atoms with van der Waals surface area (Å²) >= 11 is 0. The molecule has 0 aliphatic rings. The van der Waals surface area contributed by atoms with Gasteiger partial charge >= 0.3 is 43.9 Å². The zero-order valence-corrected chi connectivity index (χ0v) is 10.1. The minimum atomic E-state index is -4.93. The fourth-order valence-electron chi connectivity index (χ4n) is 0.557. The van der Waals surface area contributed by atoms with Crippen LogP contribution in [0.5, 0.6) is 0 Å². The zero-order valence-electron chi connectivity index (χ0n) is 9.04. The molecule has 82 valence electrons. The summed E-state index contributed by atoms with van der Waals surface area (Å²) in [5.74, 6) is -2.83. The Kier molecular flexibility index (Phi) is 7.62. The smallest absolute Gasteiger partial charge is 1.00 e. The van der Waals surface area contributed by atoms with E-state index < -0.39 is 40.7 Å². The quantitative estimate of drug-likeness (QED) is 0.596. The van der Waals surface area contributed by atoms with E-state index in [-0.39, 0.29) is 40.6 Å². The molecular weight excluding hydrogens is 253 g/mol. The van der Waals surface area contributed by atoms with Crippen LogP contribution in [0.2, 0.25) is 0 Å². The van der Waals surface area contributed by atoms with E-state index in [9.17, 15) is 26.4 Å². The van der Waals surface area contributed by atoms with Gasteiger partial charge in [-0.1, -0.05) is 0 Å². The largest absolute Gasteiger partial charge is 2.00 e. The van der Waals surface area contributed by atoms with Crippen molar-refractivity contribution in [3.05, 3.63) is 0 Å². The van der Waals surface area contributed by atoms with Crippen molar-refractivity contribution in [1.29, 1.82) is 0 Å². The van der Waals surface area contributed by atoms with Gasteiger partial charge in [0.1, 0.15) is 0 Å². The average Bonchev–Trinajstić information content (AvgIpc) is 1.82. The number of rotatable bonds is 4. The van der Waals surface area contributed by atoms with Gasteiger partial charge in [-0.3, -0.25) is 9.35 Å². The van der Waals surface area contributed by atoms with Crippen LogP contribution in [0.15, 0.2) is 0 Å². The van der Waals surface area contributed by atoms with Gasteiger partial charge in [0.05, 0.1) is 5.75 Å². The van der Waals surface area contributed by atoms with Crippen molar-refractivity contribution in [2.75, 3.05) is 5.75 Å². The molecule has 0 bridgehead atoms. The fourth-order valence-corrected chi connectivity index (χ4v) is 1.07. The Hall–Kier alpha value is 0.630. The average molecular weight is 262 g/mol. The molecule has 0 aromatic heterocycles. The summed E-state index contributed by atoms with van der Waals surface area (Å²) in [5.41, 5.74) is 0. The first-order chi connectivity index (χ1) is 5.63. The number of carbonyl (C=O) groups is 1. The maximum absolute atomic E-state index is 11.5. The molecule has 0 saturated heterocycles. The van der Waals surface area contributed by atoms with Crippen molar-refractivity contribution >= 4 is 53.6 Å². The molecule has 4 nitrogen and oxygen atoms in total. The number of hydrogen-bond donors (Lipinski definition) is 1. The maximum atomic E-state index is 11.5. The molecule has 0 aromatic rings. The summed E-state index contributed by atoms with van der Waals surface area (Å²) < 4.78 is 62.7. The van der Waals surface area contributed by atoms with Crippen LogP contribution in [0.3, 0.4) is 0 Å². The fraction of sp³-hybridized carbons (Fsp3) is 0.800. The third-order valence-corrected chi connectivity index (χ3v) is 1.93. The molecule has 0 fully saturated rings. The first kappa shape index (κ1) is 17.0. The predicted molar refractivity (Wildman–Crippen MR) is 44.7 cm³/mol. The second-order valence-corrected chi connectivity index (χ2v) is 3.88. The zero-order chi connectivity index (χ0) is 10.7. The van der Waals surface area contributed by atoms with E-state index in [2.05, 4.69) is 0 Å². The Bertz CT molecular complexity index is 293. The summed E-state index contributed by atoms with van der Waals surface area (Å²) in [4.78, 5) is 10.1. The van der Waals surface area contributed by atoms with Gasteiger partial charge in [0.15, 0.2) is 0 Å². The molecule has 0 atom stereocenters. The molecule has 0 amide bonds. The van der Waals surface area contributed by atoms with Crippen LogP contribution < -0.4 is 0 Å². The molecule has 0 unspecified atom stereocenters. The second-order valence-electron chi connectivity index (χ2n) is 2.31. The number of alkyl halides is 3. The minimum absolute atomic E-state index is 0. The summed E-state index contributed by atoms with van der Waals surface area (Å²) in [7, 11) is -4.28. The standard InChI is InChI=1S/C5H7F3O4S.Ca.2H/c6-5(7,8)4(9)2-1-3-13(10,11)12;;;/h1-3H2,(H,10,11,12);;;/q;+2;2*-1. The topological polar surface area (TPSA) is 71.4 Å². The summed E-state index contributed by atoms with van der Waals surface area (Å²) in [5, 5.41) is 0. The number of Topliss-reactive ketones (excluding diaryl/α,β-unsaturated/α-hetero) is 1. The van der Waals surface area contributed by atoms with Crippen molar-refractivity contribution in [2.45, 2.75) is 19.0 Å². The molecule has 14 heavy (non-hydrogen) atoms. The first-order valence-electron chi connectivity index (χ1n) is 3.18. The van der Waals surface area contributed by atoms with E-state index in [4.69, 9.17) is 4.55 Å². The van der Waals surface area contributed by atoms with Crippen molar-refractivity contribution in [3.63, 3.8) is 0 Å². The van der Waals surface area contributed by atoms with Crippen LogP contribution in [0.1, 0.15) is 15.7 Å². The Morgan fingerprint density at radius 3 is 2.07 bits per heavy atom. The van der Waals surface area contributed by atoms with Crippen molar-refractivity contribution in [1.82, 2.24) is 0 Å². The van der Waals surface area contributed by atoms with E-state index >= 15 is 0 Å². The third-order valence-electron chi connectivity index (χ3n) is 1.12. The van der Waals surface area contributed by atoms with E-state index in [1.807, 2.05) is 0 Å². The van der Waals surface area contributed by atoms with Crippen molar-refractivity contribution in [3.8, 4) is 0 Å². The Labute approximate surface area is 112 Å². The SMILES string of the molecule is O=C(CCCS(=O)(=O)O)C(F)(F)F.[Ca+2].[H-].[H-]. The molecule has 9 heteroatoms. The molecule has 0 spiro atoms. The van der Waals surface area contributed by atoms with Gasteiger partial charge in [-0.2, -0.15) is 21.6 Å². The van der Waals surface area contributed by atoms with Crippen molar-refractivity contribution < 1.29 is 33.8 Å². The van der Waals surface area contributed by atoms with Crippen LogP contribution in [0, 0.1) is 0 Å². The summed E-state index contributed by atoms with van der Waals surface area (Å²) in [6.45, 7) is 0. The van der Waals surface area contributed by atoms with Crippen LogP contribution in [-0.2, 0) is 14.9 Å². The summed E-state index contributed by atoms with van der Waals surface area (Å²) in [6.07, 6.45) is -6.39. The van der Waals surface area contributed by atoms with Crippen LogP contribution in [0.4, 0.5) is 13.2 Å². The van der Waals surface area contributed by atoms with Crippen LogP contribution in [0.25, 0.3) is 0 Å². The molecule has 0 saturated carbocycles. The Morgan fingerprint density at radius 2 is 1.79 bits per heavy atom. The molecule has 0 aliphatic heterocycles. The van der Waals surface area contributed by atoms with Gasteiger partial charge in [-0.05, 0) is 6.42 Å². The number of carbonyl (C=O) groups excluding carboxylic acids is 1. The van der Waals surface area contributed by atoms with Gasteiger partial charge in [-0.15, -0.1) is 0 Å². The van der Waals surface area contributed by atoms with Crippen molar-refractivity contribution in [2.24, 2.45) is 0 Å². The molecule has 0 radical (unpaired) electrons. The second kappa shape index (κ2) is 6.26. The third kappa shape index (κ3) is 9.20. The Balaban J connectivity index is -0.000000240. The van der Waals surface area contributed by atoms with E-state index in [1.165, 1.54) is 0 Å². The van der Waals surface area contributed by atoms with Gasteiger partial charge < -0.3 is 2.85 Å². The van der Waals surface area contributed by atoms with E-state index in [0.717, 1.165) is 0 Å². The molecule has 0 aliphatic carbocycles. The summed E-state index contributed by atoms with van der Waals surface area (Å²) in [6, 6.07) is 0. The van der Waals surface area contributed by atoms with Gasteiger partial charge in [0.2, 0.25) is 5.78 Å². The minimum Gasteiger partial charge on any atom is -1.00 e. The molecule has 0 rings (SSSR count).